The molecule has 0 aliphatic rings. The highest BCUT2D eigenvalue weighted by molar-refractivity contribution is 5.69. The third-order valence-corrected chi connectivity index (χ3v) is 2.84. The molecule has 0 spiro atoms. The van der Waals surface area contributed by atoms with E-state index in [0.717, 1.165) is 17.1 Å². The van der Waals surface area contributed by atoms with Crippen LogP contribution < -0.4 is 4.74 Å². The van der Waals surface area contributed by atoms with Crippen molar-refractivity contribution in [3.63, 3.8) is 0 Å². The van der Waals surface area contributed by atoms with E-state index < -0.39 is 11.9 Å². The predicted octanol–water partition coefficient (Wildman–Crippen LogP) is 3.74. The normalized spacial score (nSPS) is 11.8. The molecule has 0 radical (unpaired) electrons. The van der Waals surface area contributed by atoms with Gasteiger partial charge in [0.2, 0.25) is 0 Å². The highest BCUT2D eigenvalue weighted by atomic mass is 16.5. The second-order valence-corrected chi connectivity index (χ2v) is 4.51. The van der Waals surface area contributed by atoms with E-state index in [1.54, 1.807) is 6.92 Å². The average molecular weight is 256 g/mol. The van der Waals surface area contributed by atoms with E-state index in [1.807, 2.05) is 54.6 Å². The molecular weight excluding hydrogens is 240 g/mol. The minimum absolute atomic E-state index is 0.396. The Morgan fingerprint density at radius 1 is 1.11 bits per heavy atom. The summed E-state index contributed by atoms with van der Waals surface area (Å²) in [5.41, 5.74) is 0.961. The Morgan fingerprint density at radius 3 is 2.47 bits per heavy atom. The number of hydrogen-bond donors (Lipinski definition) is 1. The zero-order valence-corrected chi connectivity index (χ0v) is 10.7. The Hall–Kier alpha value is -2.29. The molecule has 1 unspecified atom stereocenters. The van der Waals surface area contributed by atoms with Gasteiger partial charge in [0.05, 0.1) is 5.92 Å². The molecule has 0 fully saturated rings. The molecule has 0 saturated heterocycles. The molecule has 0 heterocycles. The van der Waals surface area contributed by atoms with Gasteiger partial charge in [0, 0.05) is 0 Å². The van der Waals surface area contributed by atoms with Crippen LogP contribution in [0.25, 0.3) is 0 Å². The third kappa shape index (κ3) is 3.85. The summed E-state index contributed by atoms with van der Waals surface area (Å²) >= 11 is 0. The van der Waals surface area contributed by atoms with Crippen molar-refractivity contribution in [2.75, 3.05) is 0 Å². The molecule has 1 atom stereocenters. The van der Waals surface area contributed by atoms with Crippen molar-refractivity contribution in [1.29, 1.82) is 0 Å². The third-order valence-electron chi connectivity index (χ3n) is 2.84. The number of aliphatic carboxylic acids is 1. The van der Waals surface area contributed by atoms with Crippen molar-refractivity contribution in [2.45, 2.75) is 13.3 Å². The highest BCUT2D eigenvalue weighted by Crippen LogP contribution is 2.22. The fourth-order valence-electron chi connectivity index (χ4n) is 1.80. The maximum Gasteiger partial charge on any atom is 0.306 e. The maximum atomic E-state index is 10.8. The summed E-state index contributed by atoms with van der Waals surface area (Å²) in [5, 5.41) is 8.92. The lowest BCUT2D eigenvalue weighted by Crippen LogP contribution is -2.12. The van der Waals surface area contributed by atoms with E-state index in [9.17, 15) is 4.79 Å². The van der Waals surface area contributed by atoms with E-state index in [-0.39, 0.29) is 0 Å². The summed E-state index contributed by atoms with van der Waals surface area (Å²) in [6.07, 6.45) is 0.501. The van der Waals surface area contributed by atoms with E-state index in [2.05, 4.69) is 0 Å². The van der Waals surface area contributed by atoms with Gasteiger partial charge in [0.15, 0.2) is 0 Å². The van der Waals surface area contributed by atoms with Gasteiger partial charge in [-0.05, 0) is 36.2 Å². The van der Waals surface area contributed by atoms with Crippen LogP contribution in [0.5, 0.6) is 11.5 Å². The molecular formula is C16H16O3. The number of ether oxygens (including phenoxy) is 1. The molecule has 0 saturated carbocycles. The number of benzene rings is 2. The SMILES string of the molecule is CC(Cc1cccc(Oc2ccccc2)c1)C(=O)O. The van der Waals surface area contributed by atoms with Crippen LogP contribution in [0, 0.1) is 5.92 Å². The topological polar surface area (TPSA) is 46.5 Å². The second kappa shape index (κ2) is 6.05. The van der Waals surface area contributed by atoms with Crippen molar-refractivity contribution in [3.8, 4) is 11.5 Å². The molecule has 0 aromatic heterocycles. The zero-order chi connectivity index (χ0) is 13.7. The molecule has 1 N–H and O–H groups in total. The summed E-state index contributed by atoms with van der Waals surface area (Å²) in [7, 11) is 0. The van der Waals surface area contributed by atoms with Gasteiger partial charge in [-0.3, -0.25) is 4.79 Å². The van der Waals surface area contributed by atoms with Crippen LogP contribution in [0.15, 0.2) is 54.6 Å². The van der Waals surface area contributed by atoms with Crippen LogP contribution in [-0.4, -0.2) is 11.1 Å². The van der Waals surface area contributed by atoms with Crippen LogP contribution in [0.2, 0.25) is 0 Å². The lowest BCUT2D eigenvalue weighted by Gasteiger charge is -2.09. The lowest BCUT2D eigenvalue weighted by molar-refractivity contribution is -0.141. The largest absolute Gasteiger partial charge is 0.481 e. The van der Waals surface area contributed by atoms with Gasteiger partial charge in [-0.2, -0.15) is 0 Å². The molecule has 2 aromatic rings. The van der Waals surface area contributed by atoms with Crippen molar-refractivity contribution in [1.82, 2.24) is 0 Å². The molecule has 0 aliphatic heterocycles. The molecule has 2 rings (SSSR count). The number of rotatable bonds is 5. The maximum absolute atomic E-state index is 10.8. The summed E-state index contributed by atoms with van der Waals surface area (Å²) < 4.78 is 5.71. The first-order valence-corrected chi connectivity index (χ1v) is 6.20. The predicted molar refractivity (Wildman–Crippen MR) is 73.5 cm³/mol. The molecule has 2 aromatic carbocycles. The smallest absolute Gasteiger partial charge is 0.306 e. The minimum Gasteiger partial charge on any atom is -0.481 e. The molecule has 3 heteroatoms. The Labute approximate surface area is 112 Å². The zero-order valence-electron chi connectivity index (χ0n) is 10.7. The van der Waals surface area contributed by atoms with E-state index >= 15 is 0 Å². The Kier molecular flexibility index (Phi) is 4.18. The summed E-state index contributed by atoms with van der Waals surface area (Å²) in [5.74, 6) is 0.313. The van der Waals surface area contributed by atoms with Crippen LogP contribution in [0.1, 0.15) is 12.5 Å². The van der Waals surface area contributed by atoms with E-state index in [0.29, 0.717) is 6.42 Å². The fourth-order valence-corrected chi connectivity index (χ4v) is 1.80. The van der Waals surface area contributed by atoms with Crippen molar-refractivity contribution in [3.05, 3.63) is 60.2 Å². The molecule has 98 valence electrons. The van der Waals surface area contributed by atoms with Gasteiger partial charge in [-0.1, -0.05) is 37.3 Å². The Bertz CT molecular complexity index is 549. The van der Waals surface area contributed by atoms with Gasteiger partial charge >= 0.3 is 5.97 Å². The highest BCUT2D eigenvalue weighted by Gasteiger charge is 2.11. The Morgan fingerprint density at radius 2 is 1.79 bits per heavy atom. The van der Waals surface area contributed by atoms with Gasteiger partial charge in [0.1, 0.15) is 11.5 Å². The van der Waals surface area contributed by atoms with Crippen LogP contribution in [-0.2, 0) is 11.2 Å². The van der Waals surface area contributed by atoms with Gasteiger partial charge in [-0.15, -0.1) is 0 Å². The standard InChI is InChI=1S/C16H16O3/c1-12(16(17)18)10-13-6-5-9-15(11-13)19-14-7-3-2-4-8-14/h2-9,11-12H,10H2,1H3,(H,17,18). The van der Waals surface area contributed by atoms with E-state index in [4.69, 9.17) is 9.84 Å². The first-order chi connectivity index (χ1) is 9.15. The molecule has 0 aliphatic carbocycles. The number of hydrogen-bond acceptors (Lipinski definition) is 2. The van der Waals surface area contributed by atoms with Gasteiger partial charge < -0.3 is 9.84 Å². The minimum atomic E-state index is -0.783. The summed E-state index contributed by atoms with van der Waals surface area (Å²) in [6.45, 7) is 1.70. The van der Waals surface area contributed by atoms with Crippen LogP contribution in [0.4, 0.5) is 0 Å². The monoisotopic (exact) mass is 256 g/mol. The van der Waals surface area contributed by atoms with Gasteiger partial charge in [0.25, 0.3) is 0 Å². The van der Waals surface area contributed by atoms with Crippen molar-refractivity contribution in [2.24, 2.45) is 5.92 Å². The Balaban J connectivity index is 2.09. The molecule has 0 bridgehead atoms. The first kappa shape index (κ1) is 13.1. The lowest BCUT2D eigenvalue weighted by atomic mass is 10.0. The fraction of sp³-hybridized carbons (Fsp3) is 0.188. The molecule has 3 nitrogen and oxygen atoms in total. The summed E-state index contributed by atoms with van der Waals surface area (Å²) in [6, 6.07) is 17.0. The number of carboxylic acids is 1. The van der Waals surface area contributed by atoms with E-state index in [1.165, 1.54) is 0 Å². The van der Waals surface area contributed by atoms with Crippen LogP contribution in [0.3, 0.4) is 0 Å². The molecule has 19 heavy (non-hydrogen) atoms. The number of carboxylic acid groups (broad SMARTS) is 1. The summed E-state index contributed by atoms with van der Waals surface area (Å²) in [4.78, 5) is 10.8. The first-order valence-electron chi connectivity index (χ1n) is 6.20. The van der Waals surface area contributed by atoms with Crippen LogP contribution >= 0.6 is 0 Å². The second-order valence-electron chi connectivity index (χ2n) is 4.51. The quantitative estimate of drug-likeness (QED) is 0.886. The average Bonchev–Trinajstić information content (AvgIpc) is 2.40. The van der Waals surface area contributed by atoms with Gasteiger partial charge in [-0.25, -0.2) is 0 Å². The van der Waals surface area contributed by atoms with Crippen molar-refractivity contribution < 1.29 is 14.6 Å². The number of para-hydroxylation sites is 1. The molecule has 0 amide bonds. The van der Waals surface area contributed by atoms with Crippen molar-refractivity contribution >= 4 is 5.97 Å². The number of carbonyl (C=O) groups is 1.